The first kappa shape index (κ1) is 16.5. The van der Waals surface area contributed by atoms with Crippen LogP contribution in [0.5, 0.6) is 0 Å². The minimum Gasteiger partial charge on any atom is -0.800 e. The van der Waals surface area contributed by atoms with E-state index in [4.69, 9.17) is 25.3 Å². The average molecular weight is 484 g/mol. The first-order valence-corrected chi connectivity index (χ1v) is 7.73. The van der Waals surface area contributed by atoms with E-state index in [2.05, 4.69) is 47.4 Å². The third kappa shape index (κ3) is 3.65. The van der Waals surface area contributed by atoms with E-state index in [0.29, 0.717) is 5.92 Å². The molecule has 2 aromatic carbocycles. The molecule has 1 aliphatic rings. The number of benzene rings is 2. The molecule has 0 saturated carbocycles. The number of nitrogens with zero attached hydrogens (tertiary/aromatic N) is 1. The van der Waals surface area contributed by atoms with Crippen molar-refractivity contribution in [3.63, 3.8) is 0 Å². The summed E-state index contributed by atoms with van der Waals surface area (Å²) in [6.45, 7) is 2.07. The van der Waals surface area contributed by atoms with Gasteiger partial charge in [0.15, 0.2) is 0 Å². The summed E-state index contributed by atoms with van der Waals surface area (Å²) in [4.78, 5) is 2.22. The van der Waals surface area contributed by atoms with Crippen LogP contribution in [0, 0.1) is 0 Å². The molecule has 2 aromatic rings. The molecule has 0 aromatic heterocycles. The summed E-state index contributed by atoms with van der Waals surface area (Å²) in [5.74, 6) is 0.657. The fraction of sp³-hybridized carbons (Fsp3) is 0.375. The summed E-state index contributed by atoms with van der Waals surface area (Å²) in [5.41, 5.74) is 1.46. The average Bonchev–Trinajstić information content (AvgIpc) is 2.47. The number of piperidine rings is 1. The molecule has 0 atom stereocenters. The van der Waals surface area contributed by atoms with Gasteiger partial charge in [-0.25, -0.2) is 4.71 Å². The van der Waals surface area contributed by atoms with E-state index in [1.807, 2.05) is 0 Å². The standard InChI is InChI=1S/C16H19NS2.Au/c18-16(19)17-9-7-13(8-10-17)15-6-5-12-3-1-2-4-14(12)11-15;/h1-6,11,13,16,18-19H,7-10H2;/p-2. The van der Waals surface area contributed by atoms with E-state index < -0.39 is 0 Å². The topological polar surface area (TPSA) is 3.24 Å². The third-order valence-electron chi connectivity index (χ3n) is 4.07. The van der Waals surface area contributed by atoms with Crippen molar-refractivity contribution in [2.45, 2.75) is 23.5 Å². The number of fused-ring (bicyclic) bond motifs is 1. The van der Waals surface area contributed by atoms with Gasteiger partial charge in [0.25, 0.3) is 0 Å². The van der Waals surface area contributed by atoms with Crippen molar-refractivity contribution in [2.75, 3.05) is 13.1 Å². The molecule has 20 heavy (non-hydrogen) atoms. The molecule has 0 bridgehead atoms. The summed E-state index contributed by atoms with van der Waals surface area (Å²) in [7, 11) is 0. The predicted molar refractivity (Wildman–Crippen MR) is 86.0 cm³/mol. The number of hydrogen-bond donors (Lipinski definition) is 0. The van der Waals surface area contributed by atoms with E-state index in [0.717, 1.165) is 13.1 Å². The SMILES string of the molecule is [Au].[S-]C([S-])N1CCC(c2ccc3ccccc3c2)CC1. The molecular formula is C16H17AuNS2-2. The molecule has 1 fully saturated rings. The van der Waals surface area contributed by atoms with Gasteiger partial charge in [-0.15, -0.1) is 0 Å². The molecule has 111 valence electrons. The van der Waals surface area contributed by atoms with Crippen LogP contribution in [0.15, 0.2) is 42.5 Å². The van der Waals surface area contributed by atoms with Gasteiger partial charge in [-0.2, -0.15) is 0 Å². The molecule has 0 amide bonds. The van der Waals surface area contributed by atoms with E-state index in [-0.39, 0.29) is 27.1 Å². The van der Waals surface area contributed by atoms with Gasteiger partial charge < -0.3 is 30.2 Å². The van der Waals surface area contributed by atoms with Gasteiger partial charge in [-0.3, -0.25) is 0 Å². The molecular weight excluding hydrogens is 467 g/mol. The Morgan fingerprint density at radius 1 is 0.950 bits per heavy atom. The molecule has 0 spiro atoms. The van der Waals surface area contributed by atoms with Gasteiger partial charge in [0.05, 0.1) is 0 Å². The Balaban J connectivity index is 0.00000147. The van der Waals surface area contributed by atoms with Crippen LogP contribution in [0.4, 0.5) is 0 Å². The summed E-state index contributed by atoms with van der Waals surface area (Å²) >= 11 is 10.3. The Bertz CT molecular complexity index is 565. The fourth-order valence-corrected chi connectivity index (χ4v) is 3.33. The molecule has 1 heterocycles. The van der Waals surface area contributed by atoms with Crippen molar-refractivity contribution < 1.29 is 22.4 Å². The first-order chi connectivity index (χ1) is 9.24. The smallest absolute Gasteiger partial charge is 0 e. The van der Waals surface area contributed by atoms with Gasteiger partial charge in [0.2, 0.25) is 0 Å². The quantitative estimate of drug-likeness (QED) is 0.476. The predicted octanol–water partition coefficient (Wildman–Crippen LogP) is 3.39. The van der Waals surface area contributed by atoms with Crippen LogP contribution in [-0.4, -0.2) is 22.7 Å². The second-order valence-corrected chi connectivity index (χ2v) is 6.42. The summed E-state index contributed by atoms with van der Waals surface area (Å²) in [5, 5.41) is 2.66. The van der Waals surface area contributed by atoms with Crippen LogP contribution >= 0.6 is 0 Å². The van der Waals surface area contributed by atoms with Gasteiger partial charge in [-0.05, 0) is 48.2 Å². The van der Waals surface area contributed by atoms with Crippen LogP contribution in [0.1, 0.15) is 24.3 Å². The number of rotatable bonds is 2. The van der Waals surface area contributed by atoms with E-state index in [9.17, 15) is 0 Å². The fourth-order valence-electron chi connectivity index (χ4n) is 2.91. The Kier molecular flexibility index (Phi) is 6.09. The maximum atomic E-state index is 5.16. The number of likely N-dealkylation sites (tertiary alicyclic amines) is 1. The minimum atomic E-state index is -0.141. The summed E-state index contributed by atoms with van der Waals surface area (Å²) in [6, 6.07) is 15.4. The van der Waals surface area contributed by atoms with Crippen LogP contribution in [0.3, 0.4) is 0 Å². The van der Waals surface area contributed by atoms with Crippen molar-refractivity contribution in [1.29, 1.82) is 0 Å². The number of hydrogen-bond acceptors (Lipinski definition) is 3. The second-order valence-electron chi connectivity index (χ2n) is 5.22. The Morgan fingerprint density at radius 3 is 2.25 bits per heavy atom. The summed E-state index contributed by atoms with van der Waals surface area (Å²) < 4.78 is -0.141. The van der Waals surface area contributed by atoms with Gasteiger partial charge in [-0.1, -0.05) is 42.5 Å². The molecule has 1 saturated heterocycles. The van der Waals surface area contributed by atoms with Gasteiger partial charge in [0.1, 0.15) is 0 Å². The van der Waals surface area contributed by atoms with Gasteiger partial charge >= 0.3 is 0 Å². The van der Waals surface area contributed by atoms with Crippen molar-refractivity contribution in [3.8, 4) is 0 Å². The molecule has 3 rings (SSSR count). The third-order valence-corrected chi connectivity index (χ3v) is 4.67. The summed E-state index contributed by atoms with van der Waals surface area (Å²) in [6.07, 6.45) is 2.34. The Morgan fingerprint density at radius 2 is 1.60 bits per heavy atom. The molecule has 1 nitrogen and oxygen atoms in total. The zero-order valence-corrected chi connectivity index (χ0v) is 14.9. The second kappa shape index (κ2) is 7.39. The van der Waals surface area contributed by atoms with Crippen molar-refractivity contribution >= 4 is 36.0 Å². The molecule has 1 aliphatic heterocycles. The largest absolute Gasteiger partial charge is 0.800 e. The van der Waals surface area contributed by atoms with Crippen molar-refractivity contribution in [1.82, 2.24) is 4.90 Å². The normalized spacial score (nSPS) is 17.4. The maximum absolute atomic E-state index is 5.16. The molecule has 0 N–H and O–H groups in total. The van der Waals surface area contributed by atoms with Crippen molar-refractivity contribution in [2.24, 2.45) is 0 Å². The maximum Gasteiger partial charge on any atom is 0 e. The van der Waals surface area contributed by atoms with Gasteiger partial charge in [0, 0.05) is 22.4 Å². The Hall–Kier alpha value is 0.100. The van der Waals surface area contributed by atoms with E-state index in [1.54, 1.807) is 0 Å². The van der Waals surface area contributed by atoms with E-state index >= 15 is 0 Å². The molecule has 4 heteroatoms. The van der Waals surface area contributed by atoms with Crippen LogP contribution in [-0.2, 0) is 47.6 Å². The molecule has 0 unspecified atom stereocenters. The Labute approximate surface area is 147 Å². The molecule has 0 aliphatic carbocycles. The van der Waals surface area contributed by atoms with E-state index in [1.165, 1.54) is 29.2 Å². The van der Waals surface area contributed by atoms with Crippen LogP contribution < -0.4 is 0 Å². The zero-order chi connectivity index (χ0) is 13.2. The minimum absolute atomic E-state index is 0. The van der Waals surface area contributed by atoms with Crippen molar-refractivity contribution in [3.05, 3.63) is 48.0 Å². The first-order valence-electron chi connectivity index (χ1n) is 6.78. The van der Waals surface area contributed by atoms with Crippen LogP contribution in [0.2, 0.25) is 0 Å². The van der Waals surface area contributed by atoms with Crippen LogP contribution in [0.25, 0.3) is 10.8 Å². The zero-order valence-electron chi connectivity index (χ0n) is 11.1. The monoisotopic (exact) mass is 484 g/mol. The molecule has 1 radical (unpaired) electrons.